The van der Waals surface area contributed by atoms with Crippen LogP contribution in [0, 0.1) is 6.92 Å². The minimum Gasteiger partial charge on any atom is -0.478 e. The summed E-state index contributed by atoms with van der Waals surface area (Å²) in [6.45, 7) is 1.86. The molecule has 0 spiro atoms. The zero-order valence-electron chi connectivity index (χ0n) is 11.2. The van der Waals surface area contributed by atoms with Crippen molar-refractivity contribution in [3.05, 3.63) is 47.4 Å². The number of hydrogen-bond acceptors (Lipinski definition) is 5. The van der Waals surface area contributed by atoms with E-state index < -0.39 is 16.0 Å². The molecule has 0 bridgehead atoms. The molecular weight excluding hydrogens is 296 g/mol. The van der Waals surface area contributed by atoms with Gasteiger partial charge in [-0.1, -0.05) is 0 Å². The van der Waals surface area contributed by atoms with Gasteiger partial charge in [0, 0.05) is 5.69 Å². The molecule has 0 unspecified atom stereocenters. The summed E-state index contributed by atoms with van der Waals surface area (Å²) >= 11 is 0. The van der Waals surface area contributed by atoms with E-state index in [9.17, 15) is 13.2 Å². The summed E-state index contributed by atoms with van der Waals surface area (Å²) in [7, 11) is -3.71. The molecule has 2 aromatic rings. The molecule has 0 fully saturated rings. The molecule has 0 amide bonds. The van der Waals surface area contributed by atoms with Gasteiger partial charge in [-0.2, -0.15) is 0 Å². The maximum absolute atomic E-state index is 11.1. The summed E-state index contributed by atoms with van der Waals surface area (Å²) in [5, 5.41) is 16.9. The van der Waals surface area contributed by atoms with Crippen LogP contribution in [0.1, 0.15) is 21.9 Å². The summed E-state index contributed by atoms with van der Waals surface area (Å²) in [5.41, 5.74) is 0.782. The van der Waals surface area contributed by atoms with E-state index in [4.69, 9.17) is 14.7 Å². The normalized spacial score (nSPS) is 11.3. The lowest BCUT2D eigenvalue weighted by molar-refractivity contribution is 0.0695. The summed E-state index contributed by atoms with van der Waals surface area (Å²) in [4.78, 5) is 10.9. The standard InChI is InChI=1S/C13H14N2O5S/c1-8-12(13(16)17)6-10(20-8)7-15-9-2-4-11(5-3-9)21(14,18)19/h2-6,15H,7H2,1H3,(H,16,17)(H2,14,18,19). The van der Waals surface area contributed by atoms with Crippen LogP contribution in [0.25, 0.3) is 0 Å². The maximum Gasteiger partial charge on any atom is 0.339 e. The topological polar surface area (TPSA) is 123 Å². The number of primary sulfonamides is 1. The molecule has 1 aromatic carbocycles. The number of carboxylic acid groups (broad SMARTS) is 1. The van der Waals surface area contributed by atoms with E-state index in [0.717, 1.165) is 0 Å². The van der Waals surface area contributed by atoms with Crippen LogP contribution in [0.15, 0.2) is 39.6 Å². The second kappa shape index (κ2) is 5.58. The number of carbonyl (C=O) groups is 1. The maximum atomic E-state index is 11.1. The van der Waals surface area contributed by atoms with Gasteiger partial charge in [0.1, 0.15) is 17.1 Å². The molecule has 1 aromatic heterocycles. The average Bonchev–Trinajstić information content (AvgIpc) is 2.77. The molecule has 7 nitrogen and oxygen atoms in total. The average molecular weight is 310 g/mol. The van der Waals surface area contributed by atoms with Crippen molar-refractivity contribution >= 4 is 21.7 Å². The van der Waals surface area contributed by atoms with E-state index in [1.165, 1.54) is 18.2 Å². The third-order valence-corrected chi connectivity index (χ3v) is 3.78. The number of anilines is 1. The lowest BCUT2D eigenvalue weighted by Gasteiger charge is -2.05. The molecule has 1 heterocycles. The van der Waals surface area contributed by atoms with Crippen molar-refractivity contribution in [2.45, 2.75) is 18.4 Å². The summed E-state index contributed by atoms with van der Waals surface area (Å²) < 4.78 is 27.5. The highest BCUT2D eigenvalue weighted by Gasteiger charge is 2.13. The van der Waals surface area contributed by atoms with Crippen molar-refractivity contribution in [2.75, 3.05) is 5.32 Å². The minimum atomic E-state index is -3.71. The highest BCUT2D eigenvalue weighted by atomic mass is 32.2. The minimum absolute atomic E-state index is 0.0232. The number of furan rings is 1. The Morgan fingerprint density at radius 2 is 1.95 bits per heavy atom. The largest absolute Gasteiger partial charge is 0.478 e. The first-order chi connectivity index (χ1) is 9.77. The van der Waals surface area contributed by atoms with Crippen molar-refractivity contribution in [3.8, 4) is 0 Å². The first kappa shape index (κ1) is 15.1. The van der Waals surface area contributed by atoms with Gasteiger partial charge in [-0.25, -0.2) is 18.4 Å². The molecule has 21 heavy (non-hydrogen) atoms. The molecule has 0 aliphatic carbocycles. The number of rotatable bonds is 5. The van der Waals surface area contributed by atoms with Crippen LogP contribution in [0.4, 0.5) is 5.69 Å². The molecule has 0 aliphatic rings. The molecular formula is C13H14N2O5S. The van der Waals surface area contributed by atoms with E-state index in [1.807, 2.05) is 0 Å². The fourth-order valence-corrected chi connectivity index (χ4v) is 2.31. The Bertz CT molecular complexity index is 762. The van der Waals surface area contributed by atoms with E-state index in [-0.39, 0.29) is 17.0 Å². The second-order valence-electron chi connectivity index (χ2n) is 4.41. The van der Waals surface area contributed by atoms with E-state index in [2.05, 4.69) is 5.32 Å². The quantitative estimate of drug-likeness (QED) is 0.770. The van der Waals surface area contributed by atoms with Crippen LogP contribution >= 0.6 is 0 Å². The van der Waals surface area contributed by atoms with Crippen LogP contribution in [0.3, 0.4) is 0 Å². The highest BCUT2D eigenvalue weighted by molar-refractivity contribution is 7.89. The molecule has 0 atom stereocenters. The number of aryl methyl sites for hydroxylation is 1. The van der Waals surface area contributed by atoms with Crippen LogP contribution in [0.5, 0.6) is 0 Å². The summed E-state index contributed by atoms with van der Waals surface area (Å²) in [5.74, 6) is -0.232. The third-order valence-electron chi connectivity index (χ3n) is 2.85. The molecule has 112 valence electrons. The van der Waals surface area contributed by atoms with Gasteiger partial charge in [0.2, 0.25) is 10.0 Å². The van der Waals surface area contributed by atoms with Gasteiger partial charge in [0.05, 0.1) is 11.4 Å². The first-order valence-corrected chi connectivity index (χ1v) is 7.51. The van der Waals surface area contributed by atoms with Crippen molar-refractivity contribution in [1.82, 2.24) is 0 Å². The zero-order valence-corrected chi connectivity index (χ0v) is 12.0. The highest BCUT2D eigenvalue weighted by Crippen LogP contribution is 2.17. The smallest absolute Gasteiger partial charge is 0.339 e. The SMILES string of the molecule is Cc1oc(CNc2ccc(S(N)(=O)=O)cc2)cc1C(=O)O. The van der Waals surface area contributed by atoms with Crippen LogP contribution in [-0.2, 0) is 16.6 Å². The van der Waals surface area contributed by atoms with Gasteiger partial charge in [-0.15, -0.1) is 0 Å². The Morgan fingerprint density at radius 3 is 2.43 bits per heavy atom. The Kier molecular flexibility index (Phi) is 4.01. The lowest BCUT2D eigenvalue weighted by Crippen LogP contribution is -2.11. The number of benzene rings is 1. The first-order valence-electron chi connectivity index (χ1n) is 5.96. The van der Waals surface area contributed by atoms with Gasteiger partial charge in [0.25, 0.3) is 0 Å². The van der Waals surface area contributed by atoms with Gasteiger partial charge in [0.15, 0.2) is 0 Å². The van der Waals surface area contributed by atoms with Gasteiger partial charge >= 0.3 is 5.97 Å². The number of sulfonamides is 1. The predicted molar refractivity (Wildman–Crippen MR) is 75.5 cm³/mol. The Morgan fingerprint density at radius 1 is 1.33 bits per heavy atom. The van der Waals surface area contributed by atoms with E-state index in [1.54, 1.807) is 19.1 Å². The molecule has 0 saturated heterocycles. The lowest BCUT2D eigenvalue weighted by atomic mass is 10.2. The van der Waals surface area contributed by atoms with Crippen LogP contribution in [-0.4, -0.2) is 19.5 Å². The third kappa shape index (κ3) is 3.61. The van der Waals surface area contributed by atoms with Crippen molar-refractivity contribution < 1.29 is 22.7 Å². The fraction of sp³-hybridized carbons (Fsp3) is 0.154. The van der Waals surface area contributed by atoms with Crippen LogP contribution < -0.4 is 10.5 Å². The molecule has 2 rings (SSSR count). The van der Waals surface area contributed by atoms with Gasteiger partial charge in [-0.3, -0.25) is 0 Å². The van der Waals surface area contributed by atoms with Gasteiger partial charge in [-0.05, 0) is 37.3 Å². The Hall–Kier alpha value is -2.32. The molecule has 4 N–H and O–H groups in total. The zero-order chi connectivity index (χ0) is 15.6. The molecule has 0 aliphatic heterocycles. The van der Waals surface area contributed by atoms with Gasteiger partial charge < -0.3 is 14.8 Å². The monoisotopic (exact) mass is 310 g/mol. The number of carboxylic acids is 1. The number of aromatic carboxylic acids is 1. The van der Waals surface area contributed by atoms with E-state index in [0.29, 0.717) is 17.2 Å². The van der Waals surface area contributed by atoms with Crippen molar-refractivity contribution in [1.29, 1.82) is 0 Å². The predicted octanol–water partition coefficient (Wildman–Crippen LogP) is 1.55. The number of hydrogen-bond donors (Lipinski definition) is 3. The summed E-state index contributed by atoms with van der Waals surface area (Å²) in [6.07, 6.45) is 0. The number of nitrogens with one attached hydrogen (secondary N) is 1. The van der Waals surface area contributed by atoms with Crippen molar-refractivity contribution in [3.63, 3.8) is 0 Å². The Balaban J connectivity index is 2.06. The summed E-state index contributed by atoms with van der Waals surface area (Å²) in [6, 6.07) is 7.34. The van der Waals surface area contributed by atoms with Crippen LogP contribution in [0.2, 0.25) is 0 Å². The number of nitrogens with two attached hydrogens (primary N) is 1. The van der Waals surface area contributed by atoms with Crippen molar-refractivity contribution in [2.24, 2.45) is 5.14 Å². The molecule has 0 radical (unpaired) electrons. The molecule has 0 saturated carbocycles. The Labute approximate surface area is 121 Å². The second-order valence-corrected chi connectivity index (χ2v) is 5.97. The van der Waals surface area contributed by atoms with E-state index >= 15 is 0 Å². The molecule has 8 heteroatoms. The fourth-order valence-electron chi connectivity index (χ4n) is 1.79.